The van der Waals surface area contributed by atoms with Crippen molar-refractivity contribution in [1.82, 2.24) is 0 Å². The third-order valence-electron chi connectivity index (χ3n) is 3.10. The largest absolute Gasteiger partial charge is 0.493 e. The molecule has 0 aliphatic carbocycles. The first-order valence-corrected chi connectivity index (χ1v) is 7.99. The van der Waals surface area contributed by atoms with Gasteiger partial charge in [0.1, 0.15) is 6.10 Å². The highest BCUT2D eigenvalue weighted by Gasteiger charge is 2.35. The first-order chi connectivity index (χ1) is 9.86. The SMILES string of the molecule is COC(=O)C(O)c1ccc(OC2CS(=O)(=O)C2)c(OC)c1. The molecule has 1 fully saturated rings. The van der Waals surface area contributed by atoms with Crippen LogP contribution in [0.4, 0.5) is 0 Å². The zero-order valence-electron chi connectivity index (χ0n) is 11.6. The topological polar surface area (TPSA) is 99.1 Å². The van der Waals surface area contributed by atoms with E-state index in [0.29, 0.717) is 17.1 Å². The summed E-state index contributed by atoms with van der Waals surface area (Å²) in [7, 11) is -0.385. The number of esters is 1. The van der Waals surface area contributed by atoms with Gasteiger partial charge in [0.25, 0.3) is 0 Å². The molecular formula is C13H16O7S. The van der Waals surface area contributed by atoms with E-state index in [1.54, 1.807) is 0 Å². The number of hydrogen-bond acceptors (Lipinski definition) is 7. The van der Waals surface area contributed by atoms with E-state index < -0.39 is 28.0 Å². The van der Waals surface area contributed by atoms with Gasteiger partial charge in [-0.05, 0) is 17.7 Å². The fraction of sp³-hybridized carbons (Fsp3) is 0.462. The van der Waals surface area contributed by atoms with E-state index in [1.807, 2.05) is 0 Å². The van der Waals surface area contributed by atoms with Crippen LogP contribution < -0.4 is 9.47 Å². The van der Waals surface area contributed by atoms with Crippen molar-refractivity contribution in [3.05, 3.63) is 23.8 Å². The number of rotatable bonds is 5. The fourth-order valence-corrected chi connectivity index (χ4v) is 3.14. The van der Waals surface area contributed by atoms with Crippen LogP contribution in [0.15, 0.2) is 18.2 Å². The van der Waals surface area contributed by atoms with Gasteiger partial charge in [-0.1, -0.05) is 6.07 Å². The Kier molecular flexibility index (Phi) is 4.38. The molecule has 0 saturated carbocycles. The summed E-state index contributed by atoms with van der Waals surface area (Å²) in [6.45, 7) is 0. The summed E-state index contributed by atoms with van der Waals surface area (Å²) in [4.78, 5) is 11.3. The van der Waals surface area contributed by atoms with E-state index in [-0.39, 0.29) is 11.5 Å². The predicted molar refractivity (Wildman–Crippen MR) is 73.0 cm³/mol. The number of aliphatic hydroxyl groups is 1. The van der Waals surface area contributed by atoms with E-state index in [4.69, 9.17) is 9.47 Å². The Morgan fingerprint density at radius 1 is 1.29 bits per heavy atom. The van der Waals surface area contributed by atoms with Crippen LogP contribution in [0.25, 0.3) is 0 Å². The van der Waals surface area contributed by atoms with E-state index in [1.165, 1.54) is 32.4 Å². The van der Waals surface area contributed by atoms with Gasteiger partial charge in [-0.15, -0.1) is 0 Å². The van der Waals surface area contributed by atoms with Crippen LogP contribution >= 0.6 is 0 Å². The molecule has 1 N–H and O–H groups in total. The smallest absolute Gasteiger partial charge is 0.339 e. The Balaban J connectivity index is 2.15. The summed E-state index contributed by atoms with van der Waals surface area (Å²) in [5.41, 5.74) is 0.298. The number of hydrogen-bond donors (Lipinski definition) is 1. The van der Waals surface area contributed by atoms with Crippen LogP contribution in [0, 0.1) is 0 Å². The van der Waals surface area contributed by atoms with Gasteiger partial charge < -0.3 is 19.3 Å². The summed E-state index contributed by atoms with van der Waals surface area (Å²) >= 11 is 0. The molecule has 0 aromatic heterocycles. The van der Waals surface area contributed by atoms with Crippen LogP contribution in [0.5, 0.6) is 11.5 Å². The van der Waals surface area contributed by atoms with Gasteiger partial charge in [-0.2, -0.15) is 0 Å². The fourth-order valence-electron chi connectivity index (χ4n) is 1.96. The standard InChI is InChI=1S/C13H16O7S/c1-18-11-5-8(12(14)13(15)19-2)3-4-10(11)20-9-6-21(16,17)7-9/h3-5,9,12,14H,6-7H2,1-2H3. The van der Waals surface area contributed by atoms with Crippen LogP contribution in [0.1, 0.15) is 11.7 Å². The summed E-state index contributed by atoms with van der Waals surface area (Å²) in [6.07, 6.45) is -1.82. The highest BCUT2D eigenvalue weighted by Crippen LogP contribution is 2.32. The summed E-state index contributed by atoms with van der Waals surface area (Å²) in [6, 6.07) is 4.46. The van der Waals surface area contributed by atoms with Gasteiger partial charge in [0.05, 0.1) is 25.7 Å². The maximum atomic E-state index is 11.3. The van der Waals surface area contributed by atoms with Gasteiger partial charge in [0.2, 0.25) is 0 Å². The van der Waals surface area contributed by atoms with Gasteiger partial charge in [0, 0.05) is 0 Å². The van der Waals surface area contributed by atoms with Crippen LogP contribution in [-0.4, -0.2) is 51.3 Å². The molecule has 1 aromatic carbocycles. The first-order valence-electron chi connectivity index (χ1n) is 6.17. The number of benzene rings is 1. The Morgan fingerprint density at radius 3 is 2.48 bits per heavy atom. The highest BCUT2D eigenvalue weighted by molar-refractivity contribution is 7.92. The lowest BCUT2D eigenvalue weighted by Gasteiger charge is -2.27. The van der Waals surface area contributed by atoms with Gasteiger partial charge in [-0.25, -0.2) is 13.2 Å². The van der Waals surface area contributed by atoms with E-state index in [2.05, 4.69) is 4.74 Å². The molecule has 1 aliphatic rings. The van der Waals surface area contributed by atoms with Gasteiger partial charge >= 0.3 is 5.97 Å². The lowest BCUT2D eigenvalue weighted by Crippen LogP contribution is -2.45. The van der Waals surface area contributed by atoms with E-state index in [0.717, 1.165) is 0 Å². The number of methoxy groups -OCH3 is 2. The summed E-state index contributed by atoms with van der Waals surface area (Å²) in [5, 5.41) is 9.76. The van der Waals surface area contributed by atoms with Crippen molar-refractivity contribution in [2.45, 2.75) is 12.2 Å². The second-order valence-corrected chi connectivity index (χ2v) is 6.81. The monoisotopic (exact) mass is 316 g/mol. The molecule has 1 aromatic rings. The molecule has 1 unspecified atom stereocenters. The molecule has 2 rings (SSSR count). The summed E-state index contributed by atoms with van der Waals surface area (Å²) in [5.74, 6) is -0.167. The minimum atomic E-state index is -2.97. The lowest BCUT2D eigenvalue weighted by atomic mass is 10.1. The average Bonchev–Trinajstić information content (AvgIpc) is 2.44. The lowest BCUT2D eigenvalue weighted by molar-refractivity contribution is -0.150. The normalized spacial score (nSPS) is 18.4. The molecule has 0 spiro atoms. The van der Waals surface area contributed by atoms with Crippen molar-refractivity contribution in [3.63, 3.8) is 0 Å². The maximum absolute atomic E-state index is 11.3. The van der Waals surface area contributed by atoms with Crippen LogP contribution in [-0.2, 0) is 19.4 Å². The molecule has 21 heavy (non-hydrogen) atoms. The Morgan fingerprint density at radius 2 is 1.95 bits per heavy atom. The molecule has 0 radical (unpaired) electrons. The number of sulfone groups is 1. The molecule has 1 aliphatic heterocycles. The zero-order chi connectivity index (χ0) is 15.6. The third kappa shape index (κ3) is 3.45. The highest BCUT2D eigenvalue weighted by atomic mass is 32.2. The first kappa shape index (κ1) is 15.6. The van der Waals surface area contributed by atoms with Crippen LogP contribution in [0.3, 0.4) is 0 Å². The Labute approximate surface area is 122 Å². The van der Waals surface area contributed by atoms with E-state index >= 15 is 0 Å². The van der Waals surface area contributed by atoms with Crippen molar-refractivity contribution < 1.29 is 32.5 Å². The van der Waals surface area contributed by atoms with Gasteiger partial charge in [0.15, 0.2) is 27.4 Å². The number of ether oxygens (including phenoxy) is 3. The predicted octanol–water partition coefficient (Wildman–Crippen LogP) is 0.0774. The minimum Gasteiger partial charge on any atom is -0.493 e. The molecule has 1 heterocycles. The minimum absolute atomic E-state index is 0.0251. The van der Waals surface area contributed by atoms with Crippen molar-refractivity contribution in [3.8, 4) is 11.5 Å². The third-order valence-corrected chi connectivity index (χ3v) is 4.86. The molecule has 0 bridgehead atoms. The van der Waals surface area contributed by atoms with E-state index in [9.17, 15) is 18.3 Å². The second-order valence-electron chi connectivity index (χ2n) is 4.65. The average molecular weight is 316 g/mol. The molecule has 1 saturated heterocycles. The van der Waals surface area contributed by atoms with Crippen molar-refractivity contribution in [2.24, 2.45) is 0 Å². The Bertz CT molecular complexity index is 626. The summed E-state index contributed by atoms with van der Waals surface area (Å²) < 4.78 is 37.3. The second kappa shape index (κ2) is 5.90. The number of carbonyl (C=O) groups excluding carboxylic acids is 1. The number of aliphatic hydroxyl groups excluding tert-OH is 1. The van der Waals surface area contributed by atoms with Gasteiger partial charge in [-0.3, -0.25) is 0 Å². The molecule has 8 heteroatoms. The quantitative estimate of drug-likeness (QED) is 0.768. The molecule has 1 atom stereocenters. The van der Waals surface area contributed by atoms with Crippen molar-refractivity contribution in [1.29, 1.82) is 0 Å². The van der Waals surface area contributed by atoms with Crippen molar-refractivity contribution in [2.75, 3.05) is 25.7 Å². The Hall–Kier alpha value is -1.80. The van der Waals surface area contributed by atoms with Crippen molar-refractivity contribution >= 4 is 15.8 Å². The maximum Gasteiger partial charge on any atom is 0.339 e. The van der Waals surface area contributed by atoms with Crippen LogP contribution in [0.2, 0.25) is 0 Å². The molecule has 7 nitrogen and oxygen atoms in total. The molecule has 116 valence electrons. The molecule has 0 amide bonds. The number of carbonyl (C=O) groups is 1. The zero-order valence-corrected chi connectivity index (χ0v) is 12.4. The molecular weight excluding hydrogens is 300 g/mol.